The van der Waals surface area contributed by atoms with Gasteiger partial charge < -0.3 is 4.90 Å². The molecule has 0 aliphatic heterocycles. The van der Waals surface area contributed by atoms with Crippen molar-refractivity contribution in [1.82, 2.24) is 4.31 Å². The van der Waals surface area contributed by atoms with E-state index in [9.17, 15) is 8.42 Å². The quantitative estimate of drug-likeness (QED) is 0.726. The van der Waals surface area contributed by atoms with E-state index in [4.69, 9.17) is 11.6 Å². The van der Waals surface area contributed by atoms with E-state index in [1.165, 1.54) is 18.4 Å². The lowest BCUT2D eigenvalue weighted by atomic mass is 10.2. The minimum atomic E-state index is -3.35. The van der Waals surface area contributed by atoms with Gasteiger partial charge in [0.05, 0.1) is 4.90 Å². The van der Waals surface area contributed by atoms with Crippen molar-refractivity contribution in [2.75, 3.05) is 38.0 Å². The van der Waals surface area contributed by atoms with Crippen molar-refractivity contribution in [2.45, 2.75) is 18.2 Å². The van der Waals surface area contributed by atoms with E-state index < -0.39 is 10.0 Å². The topological polar surface area (TPSA) is 40.6 Å². The minimum absolute atomic E-state index is 0.314. The van der Waals surface area contributed by atoms with Crippen LogP contribution >= 0.6 is 11.6 Å². The third-order valence-electron chi connectivity index (χ3n) is 2.92. The largest absolute Gasteiger partial charge is 0.372 e. The number of hydrogen-bond donors (Lipinski definition) is 0. The third-order valence-corrected chi connectivity index (χ3v) is 5.02. The van der Waals surface area contributed by atoms with E-state index in [2.05, 4.69) is 11.8 Å². The van der Waals surface area contributed by atoms with Crippen LogP contribution < -0.4 is 4.90 Å². The van der Waals surface area contributed by atoms with Crippen LogP contribution in [0.3, 0.4) is 0 Å². The summed E-state index contributed by atoms with van der Waals surface area (Å²) in [5, 5.41) is 0. The third kappa shape index (κ3) is 4.09. The van der Waals surface area contributed by atoms with E-state index in [0.717, 1.165) is 25.2 Å². The number of halogens is 1. The van der Waals surface area contributed by atoms with Gasteiger partial charge in [0, 0.05) is 38.8 Å². The molecule has 19 heavy (non-hydrogen) atoms. The molecule has 0 aliphatic rings. The second-order valence-corrected chi connectivity index (χ2v) is 6.93. The lowest BCUT2D eigenvalue weighted by molar-refractivity contribution is 0.521. The van der Waals surface area contributed by atoms with Gasteiger partial charge in [-0.1, -0.05) is 0 Å². The lowest BCUT2D eigenvalue weighted by Gasteiger charge is -2.23. The van der Waals surface area contributed by atoms with Crippen LogP contribution in [0.15, 0.2) is 29.2 Å². The number of alkyl halides is 1. The average Bonchev–Trinajstić information content (AvgIpc) is 2.40. The Kier molecular flexibility index (Phi) is 6.10. The van der Waals surface area contributed by atoms with Crippen LogP contribution in [-0.2, 0) is 10.0 Å². The molecule has 0 N–H and O–H groups in total. The van der Waals surface area contributed by atoms with Crippen molar-refractivity contribution in [3.63, 3.8) is 0 Å². The summed E-state index contributed by atoms with van der Waals surface area (Å²) in [6.45, 7) is 3.81. The molecule has 0 saturated carbocycles. The summed E-state index contributed by atoms with van der Waals surface area (Å²) in [4.78, 5) is 2.49. The predicted molar refractivity (Wildman–Crippen MR) is 80.5 cm³/mol. The second kappa shape index (κ2) is 7.12. The average molecular weight is 305 g/mol. The highest BCUT2D eigenvalue weighted by molar-refractivity contribution is 7.89. The zero-order chi connectivity index (χ0) is 14.5. The van der Waals surface area contributed by atoms with Crippen molar-refractivity contribution in [3.8, 4) is 0 Å². The first kappa shape index (κ1) is 16.3. The maximum Gasteiger partial charge on any atom is 0.242 e. The molecule has 0 unspecified atom stereocenters. The van der Waals surface area contributed by atoms with Gasteiger partial charge in [0.2, 0.25) is 10.0 Å². The molecular formula is C13H21ClN2O2S. The molecule has 0 bridgehead atoms. The van der Waals surface area contributed by atoms with E-state index in [1.807, 2.05) is 12.1 Å². The number of hydrogen-bond acceptors (Lipinski definition) is 3. The summed E-state index contributed by atoms with van der Waals surface area (Å²) in [6, 6.07) is 6.98. The van der Waals surface area contributed by atoms with Crippen molar-refractivity contribution in [3.05, 3.63) is 24.3 Å². The fourth-order valence-corrected chi connectivity index (χ4v) is 2.78. The monoisotopic (exact) mass is 304 g/mol. The van der Waals surface area contributed by atoms with Crippen molar-refractivity contribution < 1.29 is 8.42 Å². The Morgan fingerprint density at radius 1 is 1.16 bits per heavy atom. The number of nitrogens with zero attached hydrogens (tertiary/aromatic N) is 2. The van der Waals surface area contributed by atoms with Gasteiger partial charge in [-0.05, 0) is 37.6 Å². The fraction of sp³-hybridized carbons (Fsp3) is 0.538. The van der Waals surface area contributed by atoms with Gasteiger partial charge in [-0.2, -0.15) is 0 Å². The maximum atomic E-state index is 11.9. The lowest BCUT2D eigenvalue weighted by Crippen LogP contribution is -2.25. The standard InChI is InChI=1S/C13H21ClN2O2S/c1-4-16(11-5-10-14)12-6-8-13(9-7-12)19(17,18)15(2)3/h6-9H,4-5,10-11H2,1-3H3. The van der Waals surface area contributed by atoms with Gasteiger partial charge in [0.25, 0.3) is 0 Å². The highest BCUT2D eigenvalue weighted by atomic mass is 35.5. The Morgan fingerprint density at radius 3 is 2.16 bits per heavy atom. The van der Waals surface area contributed by atoms with Crippen LogP contribution in [0.4, 0.5) is 5.69 Å². The molecule has 0 heterocycles. The summed E-state index contributed by atoms with van der Waals surface area (Å²) in [6.07, 6.45) is 0.910. The highest BCUT2D eigenvalue weighted by Gasteiger charge is 2.17. The fourth-order valence-electron chi connectivity index (χ4n) is 1.76. The van der Waals surface area contributed by atoms with Gasteiger partial charge >= 0.3 is 0 Å². The van der Waals surface area contributed by atoms with E-state index >= 15 is 0 Å². The molecular weight excluding hydrogens is 284 g/mol. The van der Waals surface area contributed by atoms with Crippen LogP contribution in [0.25, 0.3) is 0 Å². The molecule has 0 aromatic heterocycles. The minimum Gasteiger partial charge on any atom is -0.372 e. The molecule has 4 nitrogen and oxygen atoms in total. The van der Waals surface area contributed by atoms with Gasteiger partial charge in [-0.15, -0.1) is 11.6 Å². The molecule has 1 aromatic rings. The van der Waals surface area contributed by atoms with E-state index in [1.54, 1.807) is 12.1 Å². The molecule has 1 aromatic carbocycles. The Bertz CT molecular complexity index is 486. The summed E-state index contributed by atoms with van der Waals surface area (Å²) in [5.41, 5.74) is 1.02. The highest BCUT2D eigenvalue weighted by Crippen LogP contribution is 2.19. The van der Waals surface area contributed by atoms with E-state index in [0.29, 0.717) is 10.8 Å². The first-order valence-electron chi connectivity index (χ1n) is 6.27. The molecule has 108 valence electrons. The Hall–Kier alpha value is -0.780. The maximum absolute atomic E-state index is 11.9. The van der Waals surface area contributed by atoms with Crippen LogP contribution in [0.1, 0.15) is 13.3 Å². The second-order valence-electron chi connectivity index (χ2n) is 4.40. The number of anilines is 1. The summed E-state index contributed by atoms with van der Waals surface area (Å²) >= 11 is 5.70. The summed E-state index contributed by atoms with van der Waals surface area (Å²) < 4.78 is 25.1. The van der Waals surface area contributed by atoms with Gasteiger partial charge in [-0.3, -0.25) is 0 Å². The molecule has 0 atom stereocenters. The molecule has 0 amide bonds. The van der Waals surface area contributed by atoms with Crippen molar-refractivity contribution >= 4 is 27.3 Å². The predicted octanol–water partition coefficient (Wildman–Crippen LogP) is 2.39. The smallest absolute Gasteiger partial charge is 0.242 e. The molecule has 0 fully saturated rings. The first-order chi connectivity index (χ1) is 8.93. The normalized spacial score (nSPS) is 11.8. The molecule has 0 radical (unpaired) electrons. The van der Waals surface area contributed by atoms with Crippen LogP contribution in [0.5, 0.6) is 0 Å². The zero-order valence-electron chi connectivity index (χ0n) is 11.6. The van der Waals surface area contributed by atoms with Crippen LogP contribution in [0, 0.1) is 0 Å². The molecule has 0 aliphatic carbocycles. The Morgan fingerprint density at radius 2 is 1.74 bits per heavy atom. The van der Waals surface area contributed by atoms with Gasteiger partial charge in [0.15, 0.2) is 0 Å². The van der Waals surface area contributed by atoms with Gasteiger partial charge in [-0.25, -0.2) is 12.7 Å². The molecule has 0 saturated heterocycles. The SMILES string of the molecule is CCN(CCCCl)c1ccc(S(=O)(=O)N(C)C)cc1. The van der Waals surface area contributed by atoms with Crippen molar-refractivity contribution in [1.29, 1.82) is 0 Å². The number of benzene rings is 1. The number of sulfonamides is 1. The van der Waals surface area contributed by atoms with Crippen molar-refractivity contribution in [2.24, 2.45) is 0 Å². The Labute approximate surface area is 121 Å². The van der Waals surface area contributed by atoms with Crippen LogP contribution in [-0.4, -0.2) is 45.8 Å². The number of rotatable bonds is 7. The Balaban J connectivity index is 2.92. The zero-order valence-corrected chi connectivity index (χ0v) is 13.2. The van der Waals surface area contributed by atoms with Crippen LogP contribution in [0.2, 0.25) is 0 Å². The first-order valence-corrected chi connectivity index (χ1v) is 8.24. The van der Waals surface area contributed by atoms with E-state index in [-0.39, 0.29) is 0 Å². The molecule has 0 spiro atoms. The summed E-state index contributed by atoms with van der Waals surface area (Å²) in [5.74, 6) is 0.629. The molecule has 1 rings (SSSR count). The molecule has 6 heteroatoms. The summed E-state index contributed by atoms with van der Waals surface area (Å²) in [7, 11) is -0.290. The van der Waals surface area contributed by atoms with Gasteiger partial charge in [0.1, 0.15) is 0 Å².